The minimum atomic E-state index is -1.08. The molecule has 0 atom stereocenters. The highest BCUT2D eigenvalue weighted by Crippen LogP contribution is 2.37. The van der Waals surface area contributed by atoms with E-state index in [0.717, 1.165) is 17.7 Å². The molecule has 94 valence electrons. The van der Waals surface area contributed by atoms with Crippen LogP contribution in [0, 0.1) is 0 Å². The number of nitrogen functional groups attached to an aromatic ring is 1. The Bertz CT molecular complexity index is 542. The van der Waals surface area contributed by atoms with Crippen molar-refractivity contribution in [2.75, 3.05) is 5.73 Å². The van der Waals surface area contributed by atoms with Gasteiger partial charge in [-0.1, -0.05) is 17.3 Å². The van der Waals surface area contributed by atoms with Crippen LogP contribution >= 0.6 is 0 Å². The zero-order chi connectivity index (χ0) is 12.6. The summed E-state index contributed by atoms with van der Waals surface area (Å²) in [6, 6.07) is 7.41. The average Bonchev–Trinajstić information content (AvgIpc) is 2.76. The van der Waals surface area contributed by atoms with Crippen molar-refractivity contribution in [3.63, 3.8) is 0 Å². The summed E-state index contributed by atoms with van der Waals surface area (Å²) in [6.07, 6.45) is 4.01. The van der Waals surface area contributed by atoms with Crippen molar-refractivity contribution in [2.24, 2.45) is 0 Å². The molecule has 0 bridgehead atoms. The highest BCUT2D eigenvalue weighted by atomic mass is 19.1. The van der Waals surface area contributed by atoms with E-state index >= 15 is 0 Å². The molecule has 0 saturated heterocycles. The molecule has 2 aromatic rings. The molecular weight excluding hydrogens is 231 g/mol. The summed E-state index contributed by atoms with van der Waals surface area (Å²) in [6.45, 7) is 0.301. The van der Waals surface area contributed by atoms with Gasteiger partial charge in [0.2, 0.25) is 0 Å². The Morgan fingerprint density at radius 1 is 1.28 bits per heavy atom. The summed E-state index contributed by atoms with van der Waals surface area (Å²) in [5.74, 6) is 0. The van der Waals surface area contributed by atoms with Crippen LogP contribution in [0.15, 0.2) is 30.5 Å². The van der Waals surface area contributed by atoms with E-state index in [1.165, 1.54) is 0 Å². The molecule has 1 aliphatic rings. The number of hydrogen-bond donors (Lipinski definition) is 1. The minimum Gasteiger partial charge on any atom is -0.399 e. The Balaban J connectivity index is 1.78. The molecule has 0 spiro atoms. The molecule has 4 nitrogen and oxygen atoms in total. The molecule has 2 N–H and O–H groups in total. The average molecular weight is 246 g/mol. The van der Waals surface area contributed by atoms with Crippen molar-refractivity contribution in [2.45, 2.75) is 31.5 Å². The normalized spacial score (nSPS) is 17.4. The zero-order valence-electron chi connectivity index (χ0n) is 10.0. The zero-order valence-corrected chi connectivity index (χ0v) is 10.0. The molecule has 1 aromatic heterocycles. The highest BCUT2D eigenvalue weighted by Gasteiger charge is 2.37. The van der Waals surface area contributed by atoms with Gasteiger partial charge >= 0.3 is 0 Å². The maximum atomic E-state index is 14.0. The van der Waals surface area contributed by atoms with Crippen LogP contribution in [0.2, 0.25) is 0 Å². The summed E-state index contributed by atoms with van der Waals surface area (Å²) in [5, 5.41) is 8.04. The van der Waals surface area contributed by atoms with Gasteiger partial charge < -0.3 is 5.73 Å². The third-order valence-electron chi connectivity index (χ3n) is 3.44. The molecule has 3 rings (SSSR count). The van der Waals surface area contributed by atoms with E-state index in [1.807, 2.05) is 24.3 Å². The molecule has 0 amide bonds. The van der Waals surface area contributed by atoms with Crippen LogP contribution in [0.5, 0.6) is 0 Å². The number of anilines is 1. The number of alkyl halides is 1. The lowest BCUT2D eigenvalue weighted by Gasteiger charge is -2.33. The lowest BCUT2D eigenvalue weighted by atomic mass is 9.82. The van der Waals surface area contributed by atoms with Crippen molar-refractivity contribution in [3.8, 4) is 11.3 Å². The predicted octanol–water partition coefficient (Wildman–Crippen LogP) is 2.42. The van der Waals surface area contributed by atoms with Crippen molar-refractivity contribution < 1.29 is 4.39 Å². The number of halogens is 1. The largest absolute Gasteiger partial charge is 0.399 e. The van der Waals surface area contributed by atoms with Crippen LogP contribution in [0.25, 0.3) is 11.3 Å². The van der Waals surface area contributed by atoms with Crippen LogP contribution in [0.4, 0.5) is 10.1 Å². The fourth-order valence-corrected chi connectivity index (χ4v) is 2.17. The second-order valence-electron chi connectivity index (χ2n) is 4.93. The first-order chi connectivity index (χ1) is 8.65. The molecule has 5 heteroatoms. The fourth-order valence-electron chi connectivity index (χ4n) is 2.17. The van der Waals surface area contributed by atoms with Gasteiger partial charge in [-0.25, -0.2) is 9.07 Å². The molecular formula is C13H15FN4. The summed E-state index contributed by atoms with van der Waals surface area (Å²) >= 11 is 0. The maximum Gasteiger partial charge on any atom is 0.130 e. The van der Waals surface area contributed by atoms with E-state index in [1.54, 1.807) is 10.9 Å². The third kappa shape index (κ3) is 2.08. The number of benzene rings is 1. The van der Waals surface area contributed by atoms with Gasteiger partial charge in [-0.05, 0) is 31.4 Å². The molecule has 0 aliphatic heterocycles. The molecule has 1 fully saturated rings. The second-order valence-corrected chi connectivity index (χ2v) is 4.93. The topological polar surface area (TPSA) is 56.7 Å². The minimum absolute atomic E-state index is 0.301. The summed E-state index contributed by atoms with van der Waals surface area (Å²) in [4.78, 5) is 0. The van der Waals surface area contributed by atoms with Crippen LogP contribution in [0.3, 0.4) is 0 Å². The van der Waals surface area contributed by atoms with Crippen LogP contribution in [0.1, 0.15) is 19.3 Å². The van der Waals surface area contributed by atoms with Gasteiger partial charge in [-0.3, -0.25) is 0 Å². The molecule has 1 heterocycles. The Hall–Kier alpha value is -1.91. The van der Waals surface area contributed by atoms with E-state index in [0.29, 0.717) is 25.1 Å². The van der Waals surface area contributed by atoms with E-state index in [9.17, 15) is 4.39 Å². The van der Waals surface area contributed by atoms with Crippen LogP contribution in [-0.4, -0.2) is 20.7 Å². The van der Waals surface area contributed by atoms with Gasteiger partial charge in [0, 0.05) is 11.3 Å². The lowest BCUT2D eigenvalue weighted by Crippen LogP contribution is -2.36. The van der Waals surface area contributed by atoms with Gasteiger partial charge in [0.15, 0.2) is 0 Å². The van der Waals surface area contributed by atoms with Gasteiger partial charge in [0.25, 0.3) is 0 Å². The van der Waals surface area contributed by atoms with Crippen molar-refractivity contribution in [3.05, 3.63) is 30.5 Å². The highest BCUT2D eigenvalue weighted by molar-refractivity contribution is 5.60. The maximum absolute atomic E-state index is 14.0. The third-order valence-corrected chi connectivity index (χ3v) is 3.44. The van der Waals surface area contributed by atoms with Crippen molar-refractivity contribution >= 4 is 5.69 Å². The Kier molecular flexibility index (Phi) is 2.54. The van der Waals surface area contributed by atoms with E-state index in [4.69, 9.17) is 5.73 Å². The molecule has 0 radical (unpaired) electrons. The Morgan fingerprint density at radius 2 is 2.00 bits per heavy atom. The smallest absolute Gasteiger partial charge is 0.130 e. The van der Waals surface area contributed by atoms with Crippen molar-refractivity contribution in [1.82, 2.24) is 15.0 Å². The second kappa shape index (κ2) is 4.08. The summed E-state index contributed by atoms with van der Waals surface area (Å²) in [7, 11) is 0. The van der Waals surface area contributed by atoms with Gasteiger partial charge in [-0.15, -0.1) is 5.10 Å². The summed E-state index contributed by atoms with van der Waals surface area (Å²) < 4.78 is 15.5. The van der Waals surface area contributed by atoms with E-state index in [2.05, 4.69) is 10.3 Å². The standard InChI is InChI=1S/C13H15FN4/c14-13(6-1-7-13)9-18-8-12(16-17-18)10-2-4-11(15)5-3-10/h2-5,8H,1,6-7,9,15H2. The molecule has 18 heavy (non-hydrogen) atoms. The van der Waals surface area contributed by atoms with E-state index in [-0.39, 0.29) is 0 Å². The van der Waals surface area contributed by atoms with Crippen LogP contribution in [-0.2, 0) is 6.54 Å². The predicted molar refractivity (Wildman–Crippen MR) is 67.6 cm³/mol. The number of hydrogen-bond acceptors (Lipinski definition) is 3. The summed E-state index contributed by atoms with van der Waals surface area (Å²) in [5.41, 5.74) is 6.95. The first-order valence-corrected chi connectivity index (χ1v) is 6.10. The number of aromatic nitrogens is 3. The molecule has 0 unspecified atom stereocenters. The monoisotopic (exact) mass is 246 g/mol. The van der Waals surface area contributed by atoms with Gasteiger partial charge in [0.05, 0.1) is 12.7 Å². The fraction of sp³-hybridized carbons (Fsp3) is 0.385. The molecule has 1 aliphatic carbocycles. The quantitative estimate of drug-likeness (QED) is 0.846. The van der Waals surface area contributed by atoms with Gasteiger partial charge in [0.1, 0.15) is 11.4 Å². The number of rotatable bonds is 3. The molecule has 1 aromatic carbocycles. The Labute approximate surface area is 105 Å². The molecule has 1 saturated carbocycles. The number of nitrogens with zero attached hydrogens (tertiary/aromatic N) is 3. The Morgan fingerprint density at radius 3 is 2.61 bits per heavy atom. The first kappa shape index (κ1) is 11.2. The number of nitrogens with two attached hydrogens (primary N) is 1. The van der Waals surface area contributed by atoms with Crippen molar-refractivity contribution in [1.29, 1.82) is 0 Å². The first-order valence-electron chi connectivity index (χ1n) is 6.10. The van der Waals surface area contributed by atoms with Gasteiger partial charge in [-0.2, -0.15) is 0 Å². The lowest BCUT2D eigenvalue weighted by molar-refractivity contribution is 0.0399. The van der Waals surface area contributed by atoms with Crippen LogP contribution < -0.4 is 5.73 Å². The SMILES string of the molecule is Nc1ccc(-c2cn(CC3(F)CCC3)nn2)cc1. The van der Waals surface area contributed by atoms with E-state index < -0.39 is 5.67 Å².